The van der Waals surface area contributed by atoms with Crippen LogP contribution in [0.3, 0.4) is 0 Å². The lowest BCUT2D eigenvalue weighted by Crippen LogP contribution is -2.54. The van der Waals surface area contributed by atoms with Crippen LogP contribution >= 0.6 is 0 Å². The highest BCUT2D eigenvalue weighted by Gasteiger charge is 2.47. The van der Waals surface area contributed by atoms with Crippen LogP contribution in [-0.4, -0.2) is 24.2 Å². The Kier molecular flexibility index (Phi) is 4.66. The molecule has 2 saturated carbocycles. The van der Waals surface area contributed by atoms with E-state index in [0.717, 1.165) is 19.3 Å². The van der Waals surface area contributed by atoms with Gasteiger partial charge in [0.1, 0.15) is 5.54 Å². The fourth-order valence-electron chi connectivity index (χ4n) is 3.60. The van der Waals surface area contributed by atoms with Gasteiger partial charge in [0.25, 0.3) is 0 Å². The van der Waals surface area contributed by atoms with Gasteiger partial charge in [0.15, 0.2) is 0 Å². The van der Waals surface area contributed by atoms with Gasteiger partial charge in [-0.2, -0.15) is 0 Å². The van der Waals surface area contributed by atoms with Gasteiger partial charge in [-0.25, -0.2) is 0 Å². The number of ether oxygens (including phenoxy) is 1. The minimum absolute atomic E-state index is 0.00662. The van der Waals surface area contributed by atoms with Gasteiger partial charge in [-0.05, 0) is 44.9 Å². The molecule has 0 heterocycles. The zero-order valence-electron chi connectivity index (χ0n) is 11.8. The molecule has 2 aliphatic carbocycles. The summed E-state index contributed by atoms with van der Waals surface area (Å²) in [5.41, 5.74) is -0.369. The Bertz CT molecular complexity index is 286. The molecule has 18 heavy (non-hydrogen) atoms. The molecule has 0 saturated heterocycles. The van der Waals surface area contributed by atoms with Gasteiger partial charge >= 0.3 is 5.97 Å². The van der Waals surface area contributed by atoms with E-state index >= 15 is 0 Å². The number of rotatable bonds is 5. The van der Waals surface area contributed by atoms with Crippen LogP contribution in [0, 0.1) is 5.92 Å². The SMILES string of the molecule is CCOC(=O)C1(NC2CCCC2)CCC(CC)C1. The van der Waals surface area contributed by atoms with E-state index in [2.05, 4.69) is 12.2 Å². The first-order valence-electron chi connectivity index (χ1n) is 7.65. The number of carbonyl (C=O) groups is 1. The molecule has 2 unspecified atom stereocenters. The second-order valence-electron chi connectivity index (χ2n) is 5.95. The lowest BCUT2D eigenvalue weighted by Gasteiger charge is -2.31. The first-order chi connectivity index (χ1) is 8.70. The minimum atomic E-state index is -0.369. The predicted octanol–water partition coefficient (Wildman–Crippen LogP) is 3.03. The molecule has 3 nitrogen and oxygen atoms in total. The highest BCUT2D eigenvalue weighted by molar-refractivity contribution is 5.81. The molecular weight excluding hydrogens is 226 g/mol. The first-order valence-corrected chi connectivity index (χ1v) is 7.65. The highest BCUT2D eigenvalue weighted by Crippen LogP contribution is 2.38. The molecule has 3 heteroatoms. The van der Waals surface area contributed by atoms with E-state index in [9.17, 15) is 4.79 Å². The maximum Gasteiger partial charge on any atom is 0.326 e. The van der Waals surface area contributed by atoms with Gasteiger partial charge in [-0.3, -0.25) is 10.1 Å². The topological polar surface area (TPSA) is 38.3 Å². The van der Waals surface area contributed by atoms with Gasteiger partial charge in [0, 0.05) is 6.04 Å². The standard InChI is InChI=1S/C15H27NO2/c1-3-12-9-10-15(11-12,14(17)18-4-2)16-13-7-5-6-8-13/h12-13,16H,3-11H2,1-2H3. The normalized spacial score (nSPS) is 32.9. The van der Waals surface area contributed by atoms with Crippen LogP contribution in [0.1, 0.15) is 65.2 Å². The molecule has 0 amide bonds. The summed E-state index contributed by atoms with van der Waals surface area (Å²) in [4.78, 5) is 12.3. The lowest BCUT2D eigenvalue weighted by molar-refractivity contribution is -0.151. The molecule has 0 aromatic carbocycles. The number of esters is 1. The molecule has 0 radical (unpaired) electrons. The van der Waals surface area contributed by atoms with Crippen molar-refractivity contribution in [2.45, 2.75) is 76.8 Å². The van der Waals surface area contributed by atoms with Crippen molar-refractivity contribution in [3.8, 4) is 0 Å². The maximum atomic E-state index is 12.3. The summed E-state index contributed by atoms with van der Waals surface area (Å²) >= 11 is 0. The smallest absolute Gasteiger partial charge is 0.326 e. The van der Waals surface area contributed by atoms with E-state index < -0.39 is 0 Å². The molecule has 2 rings (SSSR count). The Morgan fingerprint density at radius 2 is 2.00 bits per heavy atom. The van der Waals surface area contributed by atoms with E-state index in [4.69, 9.17) is 4.74 Å². The molecule has 2 fully saturated rings. The van der Waals surface area contributed by atoms with Crippen molar-refractivity contribution in [1.29, 1.82) is 0 Å². The summed E-state index contributed by atoms with van der Waals surface area (Å²) in [7, 11) is 0. The van der Waals surface area contributed by atoms with E-state index in [-0.39, 0.29) is 11.5 Å². The van der Waals surface area contributed by atoms with Crippen molar-refractivity contribution in [2.24, 2.45) is 5.92 Å². The number of hydrogen-bond donors (Lipinski definition) is 1. The second-order valence-corrected chi connectivity index (χ2v) is 5.95. The third kappa shape index (κ3) is 2.87. The lowest BCUT2D eigenvalue weighted by atomic mass is 9.93. The summed E-state index contributed by atoms with van der Waals surface area (Å²) in [6.07, 6.45) is 9.31. The van der Waals surface area contributed by atoms with Crippen LogP contribution in [0.25, 0.3) is 0 Å². The van der Waals surface area contributed by atoms with Crippen molar-refractivity contribution >= 4 is 5.97 Å². The van der Waals surface area contributed by atoms with Gasteiger partial charge in [0.2, 0.25) is 0 Å². The van der Waals surface area contributed by atoms with Crippen LogP contribution in [0.15, 0.2) is 0 Å². The molecule has 0 spiro atoms. The summed E-state index contributed by atoms with van der Waals surface area (Å²) in [5, 5.41) is 3.67. The van der Waals surface area contributed by atoms with Gasteiger partial charge in [-0.1, -0.05) is 26.2 Å². The maximum absolute atomic E-state index is 12.3. The van der Waals surface area contributed by atoms with Crippen molar-refractivity contribution in [1.82, 2.24) is 5.32 Å². The molecule has 1 N–H and O–H groups in total. The Morgan fingerprint density at radius 3 is 2.56 bits per heavy atom. The fourth-order valence-corrected chi connectivity index (χ4v) is 3.60. The van der Waals surface area contributed by atoms with Crippen LogP contribution in [-0.2, 0) is 9.53 Å². The number of carbonyl (C=O) groups excluding carboxylic acids is 1. The molecule has 2 aliphatic rings. The van der Waals surface area contributed by atoms with Crippen molar-refractivity contribution in [3.05, 3.63) is 0 Å². The van der Waals surface area contributed by atoms with Crippen LogP contribution in [0.2, 0.25) is 0 Å². The molecule has 104 valence electrons. The quantitative estimate of drug-likeness (QED) is 0.765. The van der Waals surface area contributed by atoms with Gasteiger partial charge < -0.3 is 4.74 Å². The fraction of sp³-hybridized carbons (Fsp3) is 0.933. The molecule has 2 atom stereocenters. The Balaban J connectivity index is 2.04. The Morgan fingerprint density at radius 1 is 1.28 bits per heavy atom. The average molecular weight is 253 g/mol. The Labute approximate surface area is 111 Å². The number of hydrogen-bond acceptors (Lipinski definition) is 3. The van der Waals surface area contributed by atoms with Crippen molar-refractivity contribution in [3.63, 3.8) is 0 Å². The minimum Gasteiger partial charge on any atom is -0.465 e. The number of nitrogens with one attached hydrogen (secondary N) is 1. The summed E-state index contributed by atoms with van der Waals surface area (Å²) in [6.45, 7) is 4.61. The molecule has 0 aliphatic heterocycles. The van der Waals surface area contributed by atoms with Crippen LogP contribution in [0.5, 0.6) is 0 Å². The third-order valence-corrected chi connectivity index (χ3v) is 4.70. The molecular formula is C15H27NO2. The summed E-state index contributed by atoms with van der Waals surface area (Å²) in [5.74, 6) is 0.677. The average Bonchev–Trinajstić information content (AvgIpc) is 3.00. The third-order valence-electron chi connectivity index (χ3n) is 4.70. The van der Waals surface area contributed by atoms with E-state index in [1.54, 1.807) is 0 Å². The highest BCUT2D eigenvalue weighted by atomic mass is 16.5. The zero-order chi connectivity index (χ0) is 13.0. The zero-order valence-corrected chi connectivity index (χ0v) is 11.8. The molecule has 0 bridgehead atoms. The molecule has 0 aromatic rings. The van der Waals surface area contributed by atoms with Crippen LogP contribution in [0.4, 0.5) is 0 Å². The van der Waals surface area contributed by atoms with E-state index in [1.807, 2.05) is 6.92 Å². The van der Waals surface area contributed by atoms with Crippen molar-refractivity contribution < 1.29 is 9.53 Å². The van der Waals surface area contributed by atoms with E-state index in [1.165, 1.54) is 32.1 Å². The van der Waals surface area contributed by atoms with Crippen molar-refractivity contribution in [2.75, 3.05) is 6.61 Å². The van der Waals surface area contributed by atoms with Crippen LogP contribution < -0.4 is 5.32 Å². The van der Waals surface area contributed by atoms with Gasteiger partial charge in [-0.15, -0.1) is 0 Å². The Hall–Kier alpha value is -0.570. The van der Waals surface area contributed by atoms with E-state index in [0.29, 0.717) is 18.6 Å². The predicted molar refractivity (Wildman–Crippen MR) is 72.4 cm³/mol. The van der Waals surface area contributed by atoms with Gasteiger partial charge in [0.05, 0.1) is 6.61 Å². The summed E-state index contributed by atoms with van der Waals surface area (Å²) in [6, 6.07) is 0.532. The first kappa shape index (κ1) is 13.9. The summed E-state index contributed by atoms with van der Waals surface area (Å²) < 4.78 is 5.33. The largest absolute Gasteiger partial charge is 0.465 e. The monoisotopic (exact) mass is 253 g/mol. The second kappa shape index (κ2) is 6.05. The molecule has 0 aromatic heterocycles.